The fourth-order valence-corrected chi connectivity index (χ4v) is 1.81. The number of phenolic OH excluding ortho intramolecular Hbond substituents is 1. The van der Waals surface area contributed by atoms with Gasteiger partial charge in [0.05, 0.1) is 7.11 Å². The topological polar surface area (TPSA) is 38.7 Å². The van der Waals surface area contributed by atoms with Gasteiger partial charge in [-0.3, -0.25) is 0 Å². The molecule has 1 N–H and O–H groups in total. The van der Waals surface area contributed by atoms with Crippen molar-refractivity contribution in [3.05, 3.63) is 42.5 Å². The fraction of sp³-hybridized carbons (Fsp3) is 0.143. The van der Waals surface area contributed by atoms with Crippen LogP contribution in [0.2, 0.25) is 0 Å². The highest BCUT2D eigenvalue weighted by Crippen LogP contribution is 2.40. The number of methoxy groups -OCH3 is 1. The molecule has 20 heavy (non-hydrogen) atoms. The molecule has 0 aliphatic rings. The Labute approximate surface area is 113 Å². The van der Waals surface area contributed by atoms with Crippen molar-refractivity contribution in [3.63, 3.8) is 0 Å². The molecule has 6 heteroatoms. The van der Waals surface area contributed by atoms with E-state index in [1.165, 1.54) is 19.2 Å². The van der Waals surface area contributed by atoms with E-state index in [9.17, 15) is 18.3 Å². The molecule has 0 amide bonds. The lowest BCUT2D eigenvalue weighted by molar-refractivity contribution is -0.274. The second-order valence-corrected chi connectivity index (χ2v) is 3.93. The van der Waals surface area contributed by atoms with Gasteiger partial charge >= 0.3 is 6.36 Å². The standard InChI is InChI=1S/C14H11F3O3/c1-19-12-5-3-2-4-10(12)11-7-6-9(18)8-13(11)20-14(15,16)17/h2-8,18H,1H3. The Kier molecular flexibility index (Phi) is 3.74. The number of benzene rings is 2. The van der Waals surface area contributed by atoms with E-state index in [2.05, 4.69) is 4.74 Å². The number of hydrogen-bond donors (Lipinski definition) is 1. The number of rotatable bonds is 3. The average molecular weight is 284 g/mol. The number of phenols is 1. The summed E-state index contributed by atoms with van der Waals surface area (Å²) in [6.45, 7) is 0. The van der Waals surface area contributed by atoms with Crippen LogP contribution in [-0.2, 0) is 0 Å². The number of alkyl halides is 3. The Morgan fingerprint density at radius 1 is 0.950 bits per heavy atom. The zero-order valence-corrected chi connectivity index (χ0v) is 10.4. The summed E-state index contributed by atoms with van der Waals surface area (Å²) in [7, 11) is 1.42. The number of halogens is 3. The monoisotopic (exact) mass is 284 g/mol. The molecular formula is C14H11F3O3. The second kappa shape index (κ2) is 5.32. The molecule has 0 radical (unpaired) electrons. The van der Waals surface area contributed by atoms with Crippen LogP contribution in [0.3, 0.4) is 0 Å². The number of aromatic hydroxyl groups is 1. The van der Waals surface area contributed by atoms with Crippen molar-refractivity contribution in [2.75, 3.05) is 7.11 Å². The molecule has 2 aromatic carbocycles. The minimum Gasteiger partial charge on any atom is -0.508 e. The van der Waals surface area contributed by atoms with Gasteiger partial charge in [-0.15, -0.1) is 13.2 Å². The largest absolute Gasteiger partial charge is 0.573 e. The van der Waals surface area contributed by atoms with Crippen LogP contribution < -0.4 is 9.47 Å². The minimum absolute atomic E-state index is 0.178. The first-order chi connectivity index (χ1) is 9.40. The van der Waals surface area contributed by atoms with Crippen molar-refractivity contribution in [2.45, 2.75) is 6.36 Å². The summed E-state index contributed by atoms with van der Waals surface area (Å²) in [5.41, 5.74) is 0.617. The van der Waals surface area contributed by atoms with Crippen LogP contribution >= 0.6 is 0 Å². The summed E-state index contributed by atoms with van der Waals surface area (Å²) in [5, 5.41) is 9.33. The van der Waals surface area contributed by atoms with Crippen LogP contribution in [0, 0.1) is 0 Å². The molecule has 0 saturated heterocycles. The Morgan fingerprint density at radius 2 is 1.60 bits per heavy atom. The van der Waals surface area contributed by atoms with Crippen molar-refractivity contribution in [1.82, 2.24) is 0 Å². The average Bonchev–Trinajstić information content (AvgIpc) is 2.37. The van der Waals surface area contributed by atoms with Crippen LogP contribution in [-0.4, -0.2) is 18.6 Å². The Hall–Kier alpha value is -2.37. The molecule has 0 saturated carbocycles. The molecule has 0 aromatic heterocycles. The van der Waals surface area contributed by atoms with Gasteiger partial charge in [-0.05, 0) is 18.2 Å². The molecule has 0 atom stereocenters. The van der Waals surface area contributed by atoms with Gasteiger partial charge in [0, 0.05) is 17.2 Å². The lowest BCUT2D eigenvalue weighted by atomic mass is 10.0. The van der Waals surface area contributed by atoms with E-state index in [4.69, 9.17) is 4.74 Å². The molecule has 0 bridgehead atoms. The first kappa shape index (κ1) is 14.0. The van der Waals surface area contributed by atoms with Crippen LogP contribution in [0.15, 0.2) is 42.5 Å². The molecular weight excluding hydrogens is 273 g/mol. The summed E-state index contributed by atoms with van der Waals surface area (Å²) in [5.74, 6) is -0.393. The molecule has 0 aliphatic carbocycles. The highest BCUT2D eigenvalue weighted by molar-refractivity contribution is 5.76. The minimum atomic E-state index is -4.84. The summed E-state index contributed by atoms with van der Waals surface area (Å²) < 4.78 is 46.3. The van der Waals surface area contributed by atoms with E-state index >= 15 is 0 Å². The predicted octanol–water partition coefficient (Wildman–Crippen LogP) is 3.97. The third-order valence-electron chi connectivity index (χ3n) is 2.59. The van der Waals surface area contributed by atoms with E-state index in [1.807, 2.05) is 0 Å². The van der Waals surface area contributed by atoms with Crippen LogP contribution in [0.4, 0.5) is 13.2 Å². The van der Waals surface area contributed by atoms with Crippen LogP contribution in [0.25, 0.3) is 11.1 Å². The lowest BCUT2D eigenvalue weighted by Crippen LogP contribution is -2.17. The molecule has 2 aromatic rings. The lowest BCUT2D eigenvalue weighted by Gasteiger charge is -2.15. The van der Waals surface area contributed by atoms with Gasteiger partial charge in [0.15, 0.2) is 0 Å². The third-order valence-corrected chi connectivity index (χ3v) is 2.59. The second-order valence-electron chi connectivity index (χ2n) is 3.93. The highest BCUT2D eigenvalue weighted by Gasteiger charge is 2.32. The van der Waals surface area contributed by atoms with E-state index in [-0.39, 0.29) is 11.3 Å². The van der Waals surface area contributed by atoms with E-state index in [1.54, 1.807) is 24.3 Å². The van der Waals surface area contributed by atoms with E-state index in [0.717, 1.165) is 6.07 Å². The van der Waals surface area contributed by atoms with Crippen molar-refractivity contribution in [2.24, 2.45) is 0 Å². The van der Waals surface area contributed by atoms with Crippen LogP contribution in [0.1, 0.15) is 0 Å². The fourth-order valence-electron chi connectivity index (χ4n) is 1.81. The first-order valence-electron chi connectivity index (χ1n) is 5.63. The molecule has 3 nitrogen and oxygen atoms in total. The maximum absolute atomic E-state index is 12.4. The molecule has 0 spiro atoms. The Morgan fingerprint density at radius 3 is 2.25 bits per heavy atom. The van der Waals surface area contributed by atoms with Crippen molar-refractivity contribution < 1.29 is 27.8 Å². The van der Waals surface area contributed by atoms with E-state index in [0.29, 0.717) is 11.3 Å². The summed E-state index contributed by atoms with van der Waals surface area (Å²) in [6.07, 6.45) is -4.84. The molecule has 0 fully saturated rings. The normalized spacial score (nSPS) is 11.2. The third kappa shape index (κ3) is 3.14. The molecule has 106 valence electrons. The zero-order chi connectivity index (χ0) is 14.8. The number of ether oxygens (including phenoxy) is 2. The number of hydrogen-bond acceptors (Lipinski definition) is 3. The van der Waals surface area contributed by atoms with Gasteiger partial charge in [0.1, 0.15) is 17.2 Å². The molecule has 0 heterocycles. The van der Waals surface area contributed by atoms with Gasteiger partial charge in [-0.2, -0.15) is 0 Å². The number of para-hydroxylation sites is 1. The van der Waals surface area contributed by atoms with Gasteiger partial charge in [0.25, 0.3) is 0 Å². The predicted molar refractivity (Wildman–Crippen MR) is 66.8 cm³/mol. The summed E-state index contributed by atoms with van der Waals surface area (Å²) in [6, 6.07) is 10.1. The van der Waals surface area contributed by atoms with Gasteiger partial charge in [-0.1, -0.05) is 18.2 Å². The van der Waals surface area contributed by atoms with Crippen molar-refractivity contribution in [1.29, 1.82) is 0 Å². The van der Waals surface area contributed by atoms with Crippen LogP contribution in [0.5, 0.6) is 17.2 Å². The van der Waals surface area contributed by atoms with Crippen molar-refractivity contribution >= 4 is 0 Å². The molecule has 0 unspecified atom stereocenters. The Balaban J connectivity index is 2.56. The van der Waals surface area contributed by atoms with Gasteiger partial charge in [0.2, 0.25) is 0 Å². The SMILES string of the molecule is COc1ccccc1-c1ccc(O)cc1OC(F)(F)F. The summed E-state index contributed by atoms with van der Waals surface area (Å²) in [4.78, 5) is 0. The maximum atomic E-state index is 12.4. The summed E-state index contributed by atoms with van der Waals surface area (Å²) >= 11 is 0. The molecule has 2 rings (SSSR count). The smallest absolute Gasteiger partial charge is 0.508 e. The van der Waals surface area contributed by atoms with Gasteiger partial charge < -0.3 is 14.6 Å². The zero-order valence-electron chi connectivity index (χ0n) is 10.4. The van der Waals surface area contributed by atoms with Gasteiger partial charge in [-0.25, -0.2) is 0 Å². The highest BCUT2D eigenvalue weighted by atomic mass is 19.4. The first-order valence-corrected chi connectivity index (χ1v) is 5.63. The molecule has 0 aliphatic heterocycles. The quantitative estimate of drug-likeness (QED) is 0.927. The van der Waals surface area contributed by atoms with Crippen molar-refractivity contribution in [3.8, 4) is 28.4 Å². The van der Waals surface area contributed by atoms with E-state index < -0.39 is 12.1 Å². The maximum Gasteiger partial charge on any atom is 0.573 e. The Bertz CT molecular complexity index is 609.